The minimum Gasteiger partial charge on any atom is -0.393 e. The summed E-state index contributed by atoms with van der Waals surface area (Å²) < 4.78 is 0. The van der Waals surface area contributed by atoms with E-state index < -0.39 is 0 Å². The van der Waals surface area contributed by atoms with Gasteiger partial charge in [0.2, 0.25) is 0 Å². The Balaban J connectivity index is 2.73. The summed E-state index contributed by atoms with van der Waals surface area (Å²) >= 11 is 0. The fourth-order valence-corrected chi connectivity index (χ4v) is 3.34. The average Bonchev–Trinajstić information content (AvgIpc) is 2.56. The van der Waals surface area contributed by atoms with Crippen molar-refractivity contribution in [2.75, 3.05) is 6.61 Å². The van der Waals surface area contributed by atoms with E-state index in [1.54, 1.807) is 0 Å². The third kappa shape index (κ3) is 8.55. The summed E-state index contributed by atoms with van der Waals surface area (Å²) in [5.74, 6) is 0. The summed E-state index contributed by atoms with van der Waals surface area (Å²) in [6, 6.07) is 0. The molecule has 2 heteroatoms. The quantitative estimate of drug-likeness (QED) is 0.542. The maximum Gasteiger partial charge on any atom is 0.0642 e. The summed E-state index contributed by atoms with van der Waals surface area (Å²) in [6.45, 7) is 12.7. The topological polar surface area (TPSA) is 40.5 Å². The van der Waals surface area contributed by atoms with Gasteiger partial charge in [0.05, 0.1) is 12.7 Å². The SMILES string of the molecule is CC(C=CC=C(C)C=CC1=C(C)CC(O)CC1(C)C)=CC=CC=C(C)CO. The van der Waals surface area contributed by atoms with Gasteiger partial charge >= 0.3 is 0 Å². The van der Waals surface area contributed by atoms with Crippen LogP contribution in [-0.4, -0.2) is 22.9 Å². The predicted octanol–water partition coefficient (Wildman–Crippen LogP) is 5.98. The Kier molecular flexibility index (Phi) is 9.48. The molecule has 0 spiro atoms. The van der Waals surface area contributed by atoms with Crippen molar-refractivity contribution in [2.24, 2.45) is 5.41 Å². The molecule has 1 aliphatic carbocycles. The molecule has 0 aromatic heterocycles. The minimum atomic E-state index is -0.219. The molecule has 1 rings (SSSR count). The summed E-state index contributed by atoms with van der Waals surface area (Å²) in [6.07, 6.45) is 19.8. The molecule has 0 aromatic carbocycles. The number of hydrogen-bond donors (Lipinski definition) is 2. The molecule has 0 saturated carbocycles. The fraction of sp³-hybridized carbons (Fsp3) is 0.440. The van der Waals surface area contributed by atoms with E-state index in [2.05, 4.69) is 65.0 Å². The zero-order valence-corrected chi connectivity index (χ0v) is 17.8. The van der Waals surface area contributed by atoms with Gasteiger partial charge in [0.25, 0.3) is 0 Å². The first-order valence-corrected chi connectivity index (χ1v) is 9.68. The van der Waals surface area contributed by atoms with Gasteiger partial charge in [-0.2, -0.15) is 0 Å². The molecule has 0 radical (unpaired) electrons. The van der Waals surface area contributed by atoms with Crippen molar-refractivity contribution >= 4 is 0 Å². The Morgan fingerprint density at radius 2 is 1.59 bits per heavy atom. The summed E-state index contributed by atoms with van der Waals surface area (Å²) in [5.41, 5.74) is 5.95. The lowest BCUT2D eigenvalue weighted by molar-refractivity contribution is 0.116. The number of aliphatic hydroxyl groups is 2. The predicted molar refractivity (Wildman–Crippen MR) is 117 cm³/mol. The third-order valence-corrected chi connectivity index (χ3v) is 4.81. The molecule has 2 N–H and O–H groups in total. The van der Waals surface area contributed by atoms with Crippen molar-refractivity contribution in [1.29, 1.82) is 0 Å². The van der Waals surface area contributed by atoms with Crippen molar-refractivity contribution in [1.82, 2.24) is 0 Å². The van der Waals surface area contributed by atoms with E-state index in [1.807, 2.05) is 31.2 Å². The Morgan fingerprint density at radius 3 is 2.22 bits per heavy atom. The smallest absolute Gasteiger partial charge is 0.0642 e. The third-order valence-electron chi connectivity index (χ3n) is 4.81. The van der Waals surface area contributed by atoms with Gasteiger partial charge in [-0.3, -0.25) is 0 Å². The maximum atomic E-state index is 9.99. The summed E-state index contributed by atoms with van der Waals surface area (Å²) in [5, 5.41) is 18.9. The lowest BCUT2D eigenvalue weighted by atomic mass is 9.71. The highest BCUT2D eigenvalue weighted by Gasteiger charge is 2.31. The van der Waals surface area contributed by atoms with Crippen LogP contribution in [0.15, 0.2) is 82.5 Å². The Morgan fingerprint density at radius 1 is 1.00 bits per heavy atom. The van der Waals surface area contributed by atoms with Gasteiger partial charge in [-0.1, -0.05) is 85.3 Å². The van der Waals surface area contributed by atoms with E-state index >= 15 is 0 Å². The second-order valence-electron chi connectivity index (χ2n) is 8.21. The van der Waals surface area contributed by atoms with E-state index in [9.17, 15) is 5.11 Å². The van der Waals surface area contributed by atoms with Crippen molar-refractivity contribution in [3.05, 3.63) is 82.5 Å². The van der Waals surface area contributed by atoms with Crippen LogP contribution in [0.4, 0.5) is 0 Å². The lowest BCUT2D eigenvalue weighted by Crippen LogP contribution is -2.28. The monoisotopic (exact) mass is 368 g/mol. The van der Waals surface area contributed by atoms with E-state index in [-0.39, 0.29) is 18.1 Å². The number of allylic oxidation sites excluding steroid dienone is 12. The number of hydrogen-bond acceptors (Lipinski definition) is 2. The second kappa shape index (κ2) is 11.1. The zero-order valence-electron chi connectivity index (χ0n) is 17.8. The van der Waals surface area contributed by atoms with Crippen LogP contribution in [0.25, 0.3) is 0 Å². The van der Waals surface area contributed by atoms with Crippen LogP contribution in [0, 0.1) is 5.41 Å². The fourth-order valence-electron chi connectivity index (χ4n) is 3.34. The first-order valence-electron chi connectivity index (χ1n) is 9.68. The molecule has 0 aliphatic heterocycles. The molecule has 2 nitrogen and oxygen atoms in total. The standard InChI is InChI=1S/C25H36O2/c1-19(10-7-8-11-21(3)18-26)12-9-13-20(2)14-15-24-22(4)16-23(27)17-25(24,5)6/h7-15,23,26-27H,16-18H2,1-6H3. The summed E-state index contributed by atoms with van der Waals surface area (Å²) in [7, 11) is 0. The van der Waals surface area contributed by atoms with Crippen LogP contribution in [0.1, 0.15) is 54.4 Å². The van der Waals surface area contributed by atoms with Crippen LogP contribution in [0.5, 0.6) is 0 Å². The van der Waals surface area contributed by atoms with Crippen molar-refractivity contribution in [3.8, 4) is 0 Å². The average molecular weight is 369 g/mol. The lowest BCUT2D eigenvalue weighted by Gasteiger charge is -2.35. The van der Waals surface area contributed by atoms with Gasteiger partial charge in [0.15, 0.2) is 0 Å². The van der Waals surface area contributed by atoms with E-state index in [1.165, 1.54) is 16.7 Å². The second-order valence-corrected chi connectivity index (χ2v) is 8.21. The number of rotatable bonds is 7. The first kappa shape index (κ1) is 23.1. The molecule has 1 atom stereocenters. The highest BCUT2D eigenvalue weighted by Crippen LogP contribution is 2.40. The number of aliphatic hydroxyl groups excluding tert-OH is 2. The van der Waals surface area contributed by atoms with Crippen molar-refractivity contribution in [3.63, 3.8) is 0 Å². The van der Waals surface area contributed by atoms with Gasteiger partial charge in [-0.15, -0.1) is 0 Å². The molecule has 0 saturated heterocycles. The highest BCUT2D eigenvalue weighted by atomic mass is 16.3. The molecular weight excluding hydrogens is 332 g/mol. The van der Waals surface area contributed by atoms with Gasteiger partial charge in [0, 0.05) is 0 Å². The van der Waals surface area contributed by atoms with Crippen LogP contribution in [0.3, 0.4) is 0 Å². The zero-order chi connectivity index (χ0) is 20.4. The van der Waals surface area contributed by atoms with Gasteiger partial charge in [0.1, 0.15) is 0 Å². The molecule has 0 fully saturated rings. The van der Waals surface area contributed by atoms with Gasteiger partial charge in [-0.25, -0.2) is 0 Å². The van der Waals surface area contributed by atoms with Crippen molar-refractivity contribution in [2.45, 2.75) is 60.5 Å². The minimum absolute atomic E-state index is 0.0167. The Labute approximate surface area is 165 Å². The molecule has 0 bridgehead atoms. The molecule has 0 amide bonds. The molecule has 27 heavy (non-hydrogen) atoms. The van der Waals surface area contributed by atoms with E-state index in [0.717, 1.165) is 24.0 Å². The Bertz CT molecular complexity index is 707. The van der Waals surface area contributed by atoms with Crippen molar-refractivity contribution < 1.29 is 10.2 Å². The largest absolute Gasteiger partial charge is 0.393 e. The van der Waals surface area contributed by atoms with Gasteiger partial charge in [-0.05, 0) is 57.1 Å². The molecule has 0 heterocycles. The van der Waals surface area contributed by atoms with Gasteiger partial charge < -0.3 is 10.2 Å². The first-order chi connectivity index (χ1) is 12.7. The van der Waals surface area contributed by atoms with E-state index in [0.29, 0.717) is 0 Å². The molecular formula is C25H36O2. The van der Waals surface area contributed by atoms with E-state index in [4.69, 9.17) is 5.11 Å². The van der Waals surface area contributed by atoms with Crippen LogP contribution in [-0.2, 0) is 0 Å². The van der Waals surface area contributed by atoms with Crippen LogP contribution in [0.2, 0.25) is 0 Å². The van der Waals surface area contributed by atoms with Crippen LogP contribution >= 0.6 is 0 Å². The van der Waals surface area contributed by atoms with Crippen LogP contribution < -0.4 is 0 Å². The highest BCUT2D eigenvalue weighted by molar-refractivity contribution is 5.37. The normalized spacial score (nSPS) is 22.7. The Hall–Kier alpha value is -1.90. The maximum absolute atomic E-state index is 9.99. The molecule has 148 valence electrons. The summed E-state index contributed by atoms with van der Waals surface area (Å²) in [4.78, 5) is 0. The molecule has 1 unspecified atom stereocenters. The molecule has 0 aromatic rings. The molecule has 1 aliphatic rings.